The topological polar surface area (TPSA) is 49.7 Å². The number of hydrogen-bond donors (Lipinski definition) is 0. The van der Waals surface area contributed by atoms with Crippen molar-refractivity contribution in [2.45, 2.75) is 5.75 Å². The van der Waals surface area contributed by atoms with Crippen LogP contribution in [0.25, 0.3) is 0 Å². The molecule has 1 aliphatic rings. The number of aliphatic imine (C=N–C) groups is 1. The molecule has 19 heavy (non-hydrogen) atoms. The number of amidine groups is 1. The number of sulfonamides is 1. The van der Waals surface area contributed by atoms with Crippen LogP contribution in [0.3, 0.4) is 0 Å². The third-order valence-electron chi connectivity index (χ3n) is 2.54. The summed E-state index contributed by atoms with van der Waals surface area (Å²) >= 11 is 13.3. The fourth-order valence-electron chi connectivity index (χ4n) is 1.62. The summed E-state index contributed by atoms with van der Waals surface area (Å²) in [6.07, 6.45) is 1.18. The first-order chi connectivity index (χ1) is 8.88. The standard InChI is InChI=1S/C11H12Cl2N2O2S2/c1-19(16,17)15-5-4-14-11(15)18-7-8-2-3-9(12)6-10(8)13/h2-3,6H,4-5,7H2,1H3. The Bertz CT molecular complexity index is 617. The van der Waals surface area contributed by atoms with Crippen LogP contribution in [-0.2, 0) is 15.8 Å². The maximum absolute atomic E-state index is 11.6. The molecule has 0 amide bonds. The molecule has 0 saturated carbocycles. The molecule has 0 N–H and O–H groups in total. The van der Waals surface area contributed by atoms with E-state index in [0.717, 1.165) is 5.56 Å². The lowest BCUT2D eigenvalue weighted by Gasteiger charge is -2.16. The Hall–Kier alpha value is -0.430. The summed E-state index contributed by atoms with van der Waals surface area (Å²) in [5.41, 5.74) is 0.902. The third-order valence-corrected chi connectivity index (χ3v) is 5.46. The predicted octanol–water partition coefficient (Wildman–Crippen LogP) is 2.86. The van der Waals surface area contributed by atoms with E-state index >= 15 is 0 Å². The number of benzene rings is 1. The molecule has 0 fully saturated rings. The molecule has 0 unspecified atom stereocenters. The quantitative estimate of drug-likeness (QED) is 0.851. The van der Waals surface area contributed by atoms with Gasteiger partial charge in [-0.05, 0) is 17.7 Å². The highest BCUT2D eigenvalue weighted by molar-refractivity contribution is 8.14. The Morgan fingerprint density at radius 2 is 2.16 bits per heavy atom. The summed E-state index contributed by atoms with van der Waals surface area (Å²) in [5.74, 6) is 0.556. The molecule has 0 aromatic heterocycles. The zero-order valence-electron chi connectivity index (χ0n) is 10.1. The van der Waals surface area contributed by atoms with E-state index in [1.165, 1.54) is 22.3 Å². The van der Waals surface area contributed by atoms with Crippen molar-refractivity contribution in [2.75, 3.05) is 19.3 Å². The molecular formula is C11H12Cl2N2O2S2. The van der Waals surface area contributed by atoms with Gasteiger partial charge in [0, 0.05) is 15.8 Å². The number of thioether (sulfide) groups is 1. The van der Waals surface area contributed by atoms with Crippen LogP contribution in [0.15, 0.2) is 23.2 Å². The van der Waals surface area contributed by atoms with E-state index in [4.69, 9.17) is 23.2 Å². The fraction of sp³-hybridized carbons (Fsp3) is 0.364. The molecule has 0 bridgehead atoms. The molecule has 0 spiro atoms. The van der Waals surface area contributed by atoms with E-state index in [1.54, 1.807) is 12.1 Å². The summed E-state index contributed by atoms with van der Waals surface area (Å²) in [6.45, 7) is 0.916. The first-order valence-corrected chi connectivity index (χ1v) is 9.06. The summed E-state index contributed by atoms with van der Waals surface area (Å²) < 4.78 is 24.4. The molecule has 0 radical (unpaired) electrons. The lowest BCUT2D eigenvalue weighted by molar-refractivity contribution is 0.547. The van der Waals surface area contributed by atoms with Crippen molar-refractivity contribution < 1.29 is 8.42 Å². The van der Waals surface area contributed by atoms with Crippen LogP contribution in [0, 0.1) is 0 Å². The molecule has 0 aliphatic carbocycles. The van der Waals surface area contributed by atoms with E-state index in [-0.39, 0.29) is 0 Å². The van der Waals surface area contributed by atoms with Gasteiger partial charge in [-0.1, -0.05) is 41.0 Å². The third kappa shape index (κ3) is 3.78. The van der Waals surface area contributed by atoms with E-state index < -0.39 is 10.0 Å². The second-order valence-electron chi connectivity index (χ2n) is 4.02. The van der Waals surface area contributed by atoms with Crippen LogP contribution in [0.4, 0.5) is 0 Å². The van der Waals surface area contributed by atoms with Crippen molar-refractivity contribution >= 4 is 50.2 Å². The Balaban J connectivity index is 2.07. The van der Waals surface area contributed by atoms with Crippen molar-refractivity contribution in [2.24, 2.45) is 4.99 Å². The molecule has 1 aromatic carbocycles. The van der Waals surface area contributed by atoms with E-state index in [2.05, 4.69) is 4.99 Å². The molecule has 4 nitrogen and oxygen atoms in total. The van der Waals surface area contributed by atoms with Crippen LogP contribution in [0.5, 0.6) is 0 Å². The molecular weight excluding hydrogens is 327 g/mol. The lowest BCUT2D eigenvalue weighted by atomic mass is 10.2. The second-order valence-corrected chi connectivity index (χ2v) is 7.72. The minimum Gasteiger partial charge on any atom is -0.260 e. The average molecular weight is 339 g/mol. The zero-order valence-corrected chi connectivity index (χ0v) is 13.3. The maximum atomic E-state index is 11.6. The highest BCUT2D eigenvalue weighted by Gasteiger charge is 2.25. The van der Waals surface area contributed by atoms with E-state index in [0.29, 0.717) is 34.1 Å². The van der Waals surface area contributed by atoms with Crippen molar-refractivity contribution in [3.05, 3.63) is 33.8 Å². The Kier molecular flexibility index (Phi) is 4.66. The minimum atomic E-state index is -3.25. The SMILES string of the molecule is CS(=O)(=O)N1CCN=C1SCc1ccc(Cl)cc1Cl. The number of halogens is 2. The van der Waals surface area contributed by atoms with Gasteiger partial charge in [-0.2, -0.15) is 0 Å². The smallest absolute Gasteiger partial charge is 0.233 e. The average Bonchev–Trinajstić information content (AvgIpc) is 2.75. The van der Waals surface area contributed by atoms with Crippen molar-refractivity contribution in [3.8, 4) is 0 Å². The minimum absolute atomic E-state index is 0.412. The monoisotopic (exact) mass is 338 g/mol. The van der Waals surface area contributed by atoms with E-state index in [1.807, 2.05) is 6.07 Å². The molecule has 1 heterocycles. The van der Waals surface area contributed by atoms with Crippen molar-refractivity contribution in [1.29, 1.82) is 0 Å². The normalized spacial score (nSPS) is 15.7. The number of rotatable bonds is 3. The summed E-state index contributed by atoms with van der Waals surface area (Å²) in [4.78, 5) is 4.20. The molecule has 8 heteroatoms. The number of nitrogens with zero attached hydrogens (tertiary/aromatic N) is 2. The second kappa shape index (κ2) is 5.91. The molecule has 104 valence electrons. The summed E-state index contributed by atoms with van der Waals surface area (Å²) in [6, 6.07) is 5.26. The first-order valence-electron chi connectivity index (χ1n) is 5.47. The van der Waals surface area contributed by atoms with Gasteiger partial charge in [-0.15, -0.1) is 0 Å². The van der Waals surface area contributed by atoms with Crippen LogP contribution in [0.1, 0.15) is 5.56 Å². The van der Waals surface area contributed by atoms with Crippen LogP contribution < -0.4 is 0 Å². The highest BCUT2D eigenvalue weighted by atomic mass is 35.5. The maximum Gasteiger partial charge on any atom is 0.233 e. The van der Waals surface area contributed by atoms with Crippen molar-refractivity contribution in [3.63, 3.8) is 0 Å². The Labute approximate surface area is 126 Å². The van der Waals surface area contributed by atoms with Gasteiger partial charge in [0.15, 0.2) is 5.17 Å². The predicted molar refractivity (Wildman–Crippen MR) is 81.6 cm³/mol. The van der Waals surface area contributed by atoms with Crippen molar-refractivity contribution in [1.82, 2.24) is 4.31 Å². The van der Waals surface area contributed by atoms with Crippen LogP contribution >= 0.6 is 35.0 Å². The van der Waals surface area contributed by atoms with Gasteiger partial charge < -0.3 is 0 Å². The molecule has 0 saturated heterocycles. The van der Waals surface area contributed by atoms with Crippen LogP contribution in [0.2, 0.25) is 10.0 Å². The van der Waals surface area contributed by atoms with E-state index in [9.17, 15) is 8.42 Å². The van der Waals surface area contributed by atoms with Crippen LogP contribution in [-0.4, -0.2) is 37.2 Å². The largest absolute Gasteiger partial charge is 0.260 e. The Morgan fingerprint density at radius 3 is 2.79 bits per heavy atom. The van der Waals surface area contributed by atoms with Gasteiger partial charge in [0.2, 0.25) is 10.0 Å². The van der Waals surface area contributed by atoms with Gasteiger partial charge in [-0.3, -0.25) is 4.99 Å². The molecule has 1 aliphatic heterocycles. The summed E-state index contributed by atoms with van der Waals surface area (Å²) in [7, 11) is -3.25. The number of hydrogen-bond acceptors (Lipinski definition) is 4. The summed E-state index contributed by atoms with van der Waals surface area (Å²) in [5, 5.41) is 1.67. The molecule has 0 atom stereocenters. The van der Waals surface area contributed by atoms with Gasteiger partial charge >= 0.3 is 0 Å². The van der Waals surface area contributed by atoms with Gasteiger partial charge in [0.05, 0.1) is 19.3 Å². The highest BCUT2D eigenvalue weighted by Crippen LogP contribution is 2.27. The lowest BCUT2D eigenvalue weighted by Crippen LogP contribution is -2.31. The first kappa shape index (κ1) is 15.0. The van der Waals surface area contributed by atoms with Gasteiger partial charge in [-0.25, -0.2) is 12.7 Å². The fourth-order valence-corrected chi connectivity index (χ4v) is 4.45. The van der Waals surface area contributed by atoms with Gasteiger partial charge in [0.1, 0.15) is 0 Å². The Morgan fingerprint density at radius 1 is 1.42 bits per heavy atom. The molecule has 1 aromatic rings. The van der Waals surface area contributed by atoms with Gasteiger partial charge in [0.25, 0.3) is 0 Å². The molecule has 2 rings (SSSR count). The zero-order chi connectivity index (χ0) is 14.0.